The number of carbonyl (C=O) groups is 3. The van der Waals surface area contributed by atoms with Crippen molar-refractivity contribution < 1.29 is 19.1 Å². The topological polar surface area (TPSA) is 96.5 Å². The van der Waals surface area contributed by atoms with E-state index in [1.807, 2.05) is 54.6 Å². The highest BCUT2D eigenvalue weighted by atomic mass is 16.5. The Balaban J connectivity index is 1.71. The molecule has 0 spiro atoms. The van der Waals surface area contributed by atoms with Crippen LogP contribution in [-0.2, 0) is 22.7 Å². The summed E-state index contributed by atoms with van der Waals surface area (Å²) in [5, 5.41) is 8.15. The standard InChI is InChI=1S/C25H25N3O4/c1-17(29)27-22-12-21(13-23(14-22)28-18(2)30)25(31)26-15-20-10-6-7-11-24(20)32-16-19-8-4-3-5-9-19/h3-14H,15-16H2,1-2H3,(H,26,31)(H,27,29)(H,28,30). The van der Waals surface area contributed by atoms with Gasteiger partial charge in [0.2, 0.25) is 11.8 Å². The molecule has 3 aromatic rings. The predicted molar refractivity (Wildman–Crippen MR) is 123 cm³/mol. The molecule has 0 unspecified atom stereocenters. The second kappa shape index (κ2) is 10.8. The van der Waals surface area contributed by atoms with E-state index in [4.69, 9.17) is 4.74 Å². The molecule has 3 rings (SSSR count). The first-order chi connectivity index (χ1) is 15.4. The number of para-hydroxylation sites is 1. The van der Waals surface area contributed by atoms with Gasteiger partial charge in [-0.3, -0.25) is 14.4 Å². The van der Waals surface area contributed by atoms with Gasteiger partial charge in [0, 0.05) is 42.9 Å². The van der Waals surface area contributed by atoms with Gasteiger partial charge in [0.25, 0.3) is 5.91 Å². The van der Waals surface area contributed by atoms with Crippen LogP contribution in [0.2, 0.25) is 0 Å². The molecular formula is C25H25N3O4. The first-order valence-electron chi connectivity index (χ1n) is 10.1. The molecule has 0 fully saturated rings. The van der Waals surface area contributed by atoms with Crippen molar-refractivity contribution in [3.8, 4) is 5.75 Å². The summed E-state index contributed by atoms with van der Waals surface area (Å²) in [7, 11) is 0. The fraction of sp³-hybridized carbons (Fsp3) is 0.160. The Hall–Kier alpha value is -4.13. The van der Waals surface area contributed by atoms with Crippen LogP contribution in [0.3, 0.4) is 0 Å². The lowest BCUT2D eigenvalue weighted by molar-refractivity contribution is -0.115. The van der Waals surface area contributed by atoms with E-state index in [9.17, 15) is 14.4 Å². The average Bonchev–Trinajstić information content (AvgIpc) is 2.76. The van der Waals surface area contributed by atoms with Crippen LogP contribution in [0.5, 0.6) is 5.75 Å². The van der Waals surface area contributed by atoms with E-state index in [2.05, 4.69) is 16.0 Å². The van der Waals surface area contributed by atoms with Gasteiger partial charge in [-0.1, -0.05) is 48.5 Å². The molecule has 0 atom stereocenters. The van der Waals surface area contributed by atoms with Crippen molar-refractivity contribution in [1.29, 1.82) is 0 Å². The summed E-state index contributed by atoms with van der Waals surface area (Å²) in [5.74, 6) is -0.217. The third kappa shape index (κ3) is 6.70. The second-order valence-corrected chi connectivity index (χ2v) is 7.23. The van der Waals surface area contributed by atoms with Gasteiger partial charge in [-0.05, 0) is 29.8 Å². The number of rotatable bonds is 8. The van der Waals surface area contributed by atoms with Gasteiger partial charge in [0.15, 0.2) is 0 Å². The summed E-state index contributed by atoms with van der Waals surface area (Å²) in [6, 6.07) is 22.0. The second-order valence-electron chi connectivity index (χ2n) is 7.23. The highest BCUT2D eigenvalue weighted by molar-refractivity contribution is 5.99. The quantitative estimate of drug-likeness (QED) is 0.500. The van der Waals surface area contributed by atoms with Crippen molar-refractivity contribution in [2.75, 3.05) is 10.6 Å². The first kappa shape index (κ1) is 22.6. The summed E-state index contributed by atoms with van der Waals surface area (Å²) in [6.45, 7) is 3.42. The van der Waals surface area contributed by atoms with Gasteiger partial charge in [0.05, 0.1) is 0 Å². The smallest absolute Gasteiger partial charge is 0.251 e. The maximum absolute atomic E-state index is 12.8. The largest absolute Gasteiger partial charge is 0.489 e. The lowest BCUT2D eigenvalue weighted by Gasteiger charge is -2.14. The van der Waals surface area contributed by atoms with Gasteiger partial charge in [-0.25, -0.2) is 0 Å². The molecule has 0 radical (unpaired) electrons. The van der Waals surface area contributed by atoms with Gasteiger partial charge in [0.1, 0.15) is 12.4 Å². The van der Waals surface area contributed by atoms with Crippen molar-refractivity contribution in [3.05, 3.63) is 89.5 Å². The Morgan fingerprint density at radius 3 is 2.00 bits per heavy atom. The lowest BCUT2D eigenvalue weighted by Crippen LogP contribution is -2.23. The van der Waals surface area contributed by atoms with Crippen molar-refractivity contribution in [1.82, 2.24) is 5.32 Å². The minimum atomic E-state index is -0.346. The van der Waals surface area contributed by atoms with E-state index < -0.39 is 0 Å². The Kier molecular flexibility index (Phi) is 7.59. The third-order valence-electron chi connectivity index (χ3n) is 4.49. The highest BCUT2D eigenvalue weighted by Crippen LogP contribution is 2.21. The molecule has 164 valence electrons. The zero-order valence-electron chi connectivity index (χ0n) is 18.0. The number of amides is 3. The number of hydrogen-bond donors (Lipinski definition) is 3. The van der Waals surface area contributed by atoms with Crippen LogP contribution in [0.1, 0.15) is 35.3 Å². The van der Waals surface area contributed by atoms with E-state index >= 15 is 0 Å². The van der Waals surface area contributed by atoms with Crippen LogP contribution < -0.4 is 20.7 Å². The van der Waals surface area contributed by atoms with Crippen LogP contribution >= 0.6 is 0 Å². The Morgan fingerprint density at radius 1 is 0.781 bits per heavy atom. The predicted octanol–water partition coefficient (Wildman–Crippen LogP) is 4.11. The molecule has 3 N–H and O–H groups in total. The summed E-state index contributed by atoms with van der Waals surface area (Å²) in [5.41, 5.74) is 3.02. The Labute approximate surface area is 186 Å². The summed E-state index contributed by atoms with van der Waals surface area (Å²) in [4.78, 5) is 35.7. The van der Waals surface area contributed by atoms with Crippen LogP contribution in [0.15, 0.2) is 72.8 Å². The van der Waals surface area contributed by atoms with Crippen LogP contribution in [-0.4, -0.2) is 17.7 Å². The molecule has 0 saturated carbocycles. The Bertz CT molecular complexity index is 1080. The SMILES string of the molecule is CC(=O)Nc1cc(NC(C)=O)cc(C(=O)NCc2ccccc2OCc2ccccc2)c1. The molecule has 0 saturated heterocycles. The number of carbonyl (C=O) groups excluding carboxylic acids is 3. The monoisotopic (exact) mass is 431 g/mol. The zero-order chi connectivity index (χ0) is 22.9. The van der Waals surface area contributed by atoms with Crippen molar-refractivity contribution >= 4 is 29.1 Å². The number of nitrogens with one attached hydrogen (secondary N) is 3. The van der Waals surface area contributed by atoms with Crippen LogP contribution in [0.4, 0.5) is 11.4 Å². The molecule has 7 nitrogen and oxygen atoms in total. The molecule has 3 aromatic carbocycles. The zero-order valence-corrected chi connectivity index (χ0v) is 18.0. The van der Waals surface area contributed by atoms with E-state index in [0.717, 1.165) is 11.1 Å². The average molecular weight is 431 g/mol. The summed E-state index contributed by atoms with van der Waals surface area (Å²) in [6.07, 6.45) is 0. The molecule has 0 aromatic heterocycles. The Morgan fingerprint density at radius 2 is 1.38 bits per heavy atom. The minimum absolute atomic E-state index is 0.254. The van der Waals surface area contributed by atoms with E-state index in [1.54, 1.807) is 18.2 Å². The first-order valence-corrected chi connectivity index (χ1v) is 10.1. The molecule has 32 heavy (non-hydrogen) atoms. The van der Waals surface area contributed by atoms with Gasteiger partial charge < -0.3 is 20.7 Å². The number of anilines is 2. The molecule has 3 amide bonds. The third-order valence-corrected chi connectivity index (χ3v) is 4.49. The molecule has 0 heterocycles. The number of ether oxygens (including phenoxy) is 1. The van der Waals surface area contributed by atoms with E-state index in [0.29, 0.717) is 29.3 Å². The fourth-order valence-corrected chi connectivity index (χ4v) is 3.11. The molecule has 0 aliphatic carbocycles. The van der Waals surface area contributed by atoms with Gasteiger partial charge in [-0.2, -0.15) is 0 Å². The molecule has 0 aliphatic rings. The minimum Gasteiger partial charge on any atom is -0.489 e. The fourth-order valence-electron chi connectivity index (χ4n) is 3.11. The lowest BCUT2D eigenvalue weighted by atomic mass is 10.1. The highest BCUT2D eigenvalue weighted by Gasteiger charge is 2.12. The molecular weight excluding hydrogens is 406 g/mol. The van der Waals surface area contributed by atoms with Crippen molar-refractivity contribution in [3.63, 3.8) is 0 Å². The number of benzene rings is 3. The molecule has 0 bridgehead atoms. The molecule has 7 heteroatoms. The summed E-state index contributed by atoms with van der Waals surface area (Å²) >= 11 is 0. The molecule has 0 aliphatic heterocycles. The van der Waals surface area contributed by atoms with Gasteiger partial charge in [-0.15, -0.1) is 0 Å². The summed E-state index contributed by atoms with van der Waals surface area (Å²) < 4.78 is 5.94. The van der Waals surface area contributed by atoms with Crippen molar-refractivity contribution in [2.24, 2.45) is 0 Å². The normalized spacial score (nSPS) is 10.2. The van der Waals surface area contributed by atoms with Crippen molar-refractivity contribution in [2.45, 2.75) is 27.0 Å². The van der Waals surface area contributed by atoms with Crippen LogP contribution in [0.25, 0.3) is 0 Å². The maximum Gasteiger partial charge on any atom is 0.251 e. The van der Waals surface area contributed by atoms with Crippen LogP contribution in [0, 0.1) is 0 Å². The number of hydrogen-bond acceptors (Lipinski definition) is 4. The van der Waals surface area contributed by atoms with Gasteiger partial charge >= 0.3 is 0 Å². The maximum atomic E-state index is 12.8. The van der Waals surface area contributed by atoms with E-state index in [1.165, 1.54) is 13.8 Å². The van der Waals surface area contributed by atoms with E-state index in [-0.39, 0.29) is 24.3 Å².